The second-order valence-corrected chi connectivity index (χ2v) is 7.58. The summed E-state index contributed by atoms with van der Waals surface area (Å²) in [6, 6.07) is 6.29. The van der Waals surface area contributed by atoms with Crippen LogP contribution < -0.4 is 5.32 Å². The van der Waals surface area contributed by atoms with E-state index in [1.807, 2.05) is 13.8 Å². The Hall–Kier alpha value is -1.31. The summed E-state index contributed by atoms with van der Waals surface area (Å²) >= 11 is 6.35. The van der Waals surface area contributed by atoms with Crippen LogP contribution in [0.5, 0.6) is 0 Å². The van der Waals surface area contributed by atoms with E-state index < -0.39 is 23.0 Å². The monoisotopic (exact) mass is 391 g/mol. The fraction of sp³-hybridized carbons (Fsp3) is 0.611. The predicted molar refractivity (Wildman–Crippen MR) is 96.9 cm³/mol. The zero-order valence-corrected chi connectivity index (χ0v) is 15.9. The number of carbonyl (C=O) groups is 1. The normalized spacial score (nSPS) is 26.0. The third-order valence-corrected chi connectivity index (χ3v) is 5.39. The maximum atomic E-state index is 13.9. The predicted octanol–water partition coefficient (Wildman–Crippen LogP) is 4.13. The zero-order chi connectivity index (χ0) is 19.5. The summed E-state index contributed by atoms with van der Waals surface area (Å²) < 4.78 is 41.6. The van der Waals surface area contributed by atoms with Crippen molar-refractivity contribution in [3.8, 4) is 0 Å². The van der Waals surface area contributed by atoms with Crippen LogP contribution in [0.25, 0.3) is 0 Å². The van der Waals surface area contributed by atoms with Crippen LogP contribution in [0.15, 0.2) is 30.3 Å². The molecule has 1 aromatic rings. The van der Waals surface area contributed by atoms with Crippen LogP contribution in [0.1, 0.15) is 26.7 Å². The van der Waals surface area contributed by atoms with Crippen LogP contribution in [-0.4, -0.2) is 53.2 Å². The molecule has 2 rings (SSSR count). The van der Waals surface area contributed by atoms with E-state index in [0.717, 1.165) is 6.42 Å². The van der Waals surface area contributed by atoms with Crippen LogP contribution >= 0.6 is 11.6 Å². The number of benzene rings is 1. The average molecular weight is 392 g/mol. The minimum Gasteiger partial charge on any atom is -0.324 e. The highest BCUT2D eigenvalue weighted by Gasteiger charge is 2.65. The highest BCUT2D eigenvalue weighted by atomic mass is 35.5. The molecule has 3 atom stereocenters. The molecule has 0 saturated carbocycles. The largest absolute Gasteiger partial charge is 0.407 e. The van der Waals surface area contributed by atoms with Crippen LogP contribution in [0.2, 0.25) is 0 Å². The Bertz CT molecular complexity index is 613. The molecule has 0 bridgehead atoms. The molecule has 0 radical (unpaired) electrons. The summed E-state index contributed by atoms with van der Waals surface area (Å²) in [4.78, 5) is 10.6. The number of rotatable bonds is 6. The molecule has 0 aromatic heterocycles. The van der Waals surface area contributed by atoms with Gasteiger partial charge in [-0.15, -0.1) is 11.6 Å². The van der Waals surface area contributed by atoms with Crippen molar-refractivity contribution in [2.75, 3.05) is 25.5 Å². The summed E-state index contributed by atoms with van der Waals surface area (Å²) in [7, 11) is 1.54. The number of alkyl halides is 4. The Labute approximate surface area is 157 Å². The van der Waals surface area contributed by atoms with Crippen LogP contribution in [0.3, 0.4) is 0 Å². The van der Waals surface area contributed by atoms with E-state index in [1.165, 1.54) is 17.1 Å². The van der Waals surface area contributed by atoms with Gasteiger partial charge in [-0.25, -0.2) is 10.0 Å². The molecule has 8 heteroatoms. The lowest BCUT2D eigenvalue weighted by Gasteiger charge is -2.34. The van der Waals surface area contributed by atoms with Crippen molar-refractivity contribution in [1.29, 1.82) is 0 Å². The Morgan fingerprint density at radius 2 is 2.00 bits per heavy atom. The number of anilines is 1. The third-order valence-electron chi connectivity index (χ3n) is 4.90. The van der Waals surface area contributed by atoms with E-state index in [0.29, 0.717) is 18.0 Å². The number of amides is 1. The van der Waals surface area contributed by atoms with Crippen molar-refractivity contribution < 1.29 is 18.0 Å². The lowest BCUT2D eigenvalue weighted by atomic mass is 9.97. The number of hydrogen-bond acceptors (Lipinski definition) is 3. The lowest BCUT2D eigenvalue weighted by molar-refractivity contribution is -0.202. The first-order valence-electron chi connectivity index (χ1n) is 8.69. The second kappa shape index (κ2) is 8.15. The molecule has 1 saturated heterocycles. The minimum absolute atomic E-state index is 0.197. The van der Waals surface area contributed by atoms with Crippen molar-refractivity contribution in [3.05, 3.63) is 30.3 Å². The summed E-state index contributed by atoms with van der Waals surface area (Å²) in [6.07, 6.45) is -3.15. The number of hydrazine groups is 1. The molecule has 1 aliphatic rings. The van der Waals surface area contributed by atoms with Gasteiger partial charge in [0, 0.05) is 25.8 Å². The molecule has 0 aliphatic carbocycles. The smallest absolute Gasteiger partial charge is 0.324 e. The molecule has 0 spiro atoms. The standard InChI is InChI=1S/C18H25ClF3N3O/c1-4-13(2)10-11-25-15(18(20,21)22)17(19,12-24(25)3)16(26)23-14-8-6-5-7-9-14/h5-9,13,15H,4,10-12H2,1-3H3,(H,23,26). The Morgan fingerprint density at radius 3 is 2.54 bits per heavy atom. The average Bonchev–Trinajstić information content (AvgIpc) is 2.84. The first-order chi connectivity index (χ1) is 12.1. The summed E-state index contributed by atoms with van der Waals surface area (Å²) in [6.45, 7) is 3.98. The molecular weight excluding hydrogens is 367 g/mol. The van der Waals surface area contributed by atoms with Gasteiger partial charge in [-0.05, 0) is 24.5 Å². The van der Waals surface area contributed by atoms with Crippen LogP contribution in [-0.2, 0) is 4.79 Å². The summed E-state index contributed by atoms with van der Waals surface area (Å²) in [5.74, 6) is -0.550. The molecular formula is C18H25ClF3N3O. The van der Waals surface area contributed by atoms with Crippen LogP contribution in [0, 0.1) is 5.92 Å². The van der Waals surface area contributed by atoms with Gasteiger partial charge in [0.1, 0.15) is 6.04 Å². The Balaban J connectivity index is 2.26. The number of nitrogens with one attached hydrogen (secondary N) is 1. The van der Waals surface area contributed by atoms with E-state index >= 15 is 0 Å². The fourth-order valence-corrected chi connectivity index (χ4v) is 3.64. The van der Waals surface area contributed by atoms with E-state index in [9.17, 15) is 18.0 Å². The number of nitrogens with zero attached hydrogens (tertiary/aromatic N) is 2. The van der Waals surface area contributed by atoms with Gasteiger partial charge < -0.3 is 5.32 Å². The molecule has 1 aliphatic heterocycles. The molecule has 1 fully saturated rings. The van der Waals surface area contributed by atoms with Crippen molar-refractivity contribution >= 4 is 23.2 Å². The molecule has 1 aromatic carbocycles. The molecule has 1 heterocycles. The molecule has 1 amide bonds. The maximum absolute atomic E-state index is 13.9. The summed E-state index contributed by atoms with van der Waals surface area (Å²) in [5.41, 5.74) is 0.416. The zero-order valence-electron chi connectivity index (χ0n) is 15.2. The van der Waals surface area contributed by atoms with Crippen molar-refractivity contribution in [2.45, 2.75) is 43.8 Å². The second-order valence-electron chi connectivity index (χ2n) is 6.91. The fourth-order valence-electron chi connectivity index (χ4n) is 3.18. The van der Waals surface area contributed by atoms with E-state index in [-0.39, 0.29) is 13.1 Å². The highest BCUT2D eigenvalue weighted by Crippen LogP contribution is 2.43. The van der Waals surface area contributed by atoms with Gasteiger partial charge in [0.05, 0.1) is 0 Å². The van der Waals surface area contributed by atoms with Crippen molar-refractivity contribution in [3.63, 3.8) is 0 Å². The first kappa shape index (κ1) is 21.0. The summed E-state index contributed by atoms with van der Waals surface area (Å²) in [5, 5.41) is 5.12. The lowest BCUT2D eigenvalue weighted by Crippen LogP contribution is -2.57. The quantitative estimate of drug-likeness (QED) is 0.740. The number of carbonyl (C=O) groups excluding carboxylic acids is 1. The molecule has 3 unspecified atom stereocenters. The van der Waals surface area contributed by atoms with Gasteiger partial charge in [-0.2, -0.15) is 13.2 Å². The third kappa shape index (κ3) is 4.50. The maximum Gasteiger partial charge on any atom is 0.407 e. The van der Waals surface area contributed by atoms with Crippen molar-refractivity contribution in [2.24, 2.45) is 5.92 Å². The van der Waals surface area contributed by atoms with Gasteiger partial charge in [0.15, 0.2) is 4.87 Å². The number of para-hydroxylation sites is 1. The molecule has 4 nitrogen and oxygen atoms in total. The first-order valence-corrected chi connectivity index (χ1v) is 9.07. The Kier molecular flexibility index (Phi) is 6.58. The van der Waals surface area contributed by atoms with Gasteiger partial charge in [0.25, 0.3) is 0 Å². The number of halogens is 4. The van der Waals surface area contributed by atoms with Crippen molar-refractivity contribution in [1.82, 2.24) is 10.0 Å². The van der Waals surface area contributed by atoms with Crippen LogP contribution in [0.4, 0.5) is 18.9 Å². The van der Waals surface area contributed by atoms with E-state index in [2.05, 4.69) is 5.32 Å². The van der Waals surface area contributed by atoms with E-state index in [4.69, 9.17) is 11.6 Å². The van der Waals surface area contributed by atoms with E-state index in [1.54, 1.807) is 30.3 Å². The minimum atomic E-state index is -4.63. The van der Waals surface area contributed by atoms with Gasteiger partial charge >= 0.3 is 6.18 Å². The number of hydrogen-bond donors (Lipinski definition) is 1. The molecule has 146 valence electrons. The molecule has 26 heavy (non-hydrogen) atoms. The SMILES string of the molecule is CCC(C)CCN1C(C(F)(F)F)C(Cl)(C(=O)Nc2ccccc2)CN1C. The Morgan fingerprint density at radius 1 is 1.38 bits per heavy atom. The van der Waals surface area contributed by atoms with Gasteiger partial charge in [-0.1, -0.05) is 38.5 Å². The van der Waals surface area contributed by atoms with Gasteiger partial charge in [0.2, 0.25) is 5.91 Å². The molecule has 1 N–H and O–H groups in total. The topological polar surface area (TPSA) is 35.6 Å². The highest BCUT2D eigenvalue weighted by molar-refractivity contribution is 6.37. The van der Waals surface area contributed by atoms with Gasteiger partial charge in [-0.3, -0.25) is 4.79 Å².